The summed E-state index contributed by atoms with van der Waals surface area (Å²) in [5.41, 5.74) is 3.86. The zero-order valence-corrected chi connectivity index (χ0v) is 17.7. The van der Waals surface area contributed by atoms with Crippen LogP contribution in [0.2, 0.25) is 0 Å². The molecule has 1 aliphatic rings. The highest BCUT2D eigenvalue weighted by molar-refractivity contribution is 7.89. The van der Waals surface area contributed by atoms with Gasteiger partial charge in [0.1, 0.15) is 18.4 Å². The molecule has 4 rings (SSSR count). The van der Waals surface area contributed by atoms with Crippen LogP contribution in [0.15, 0.2) is 78.9 Å². The number of aliphatic carboxylic acids is 1. The molecule has 31 heavy (non-hydrogen) atoms. The van der Waals surface area contributed by atoms with Gasteiger partial charge in [0.2, 0.25) is 10.0 Å². The Hall–Kier alpha value is -3.16. The second-order valence-corrected chi connectivity index (χ2v) is 9.54. The Bertz CT molecular complexity index is 1160. The molecule has 1 atom stereocenters. The SMILES string of the molecule is O=C(O)[C@H]1CCS(=O)(=O)N1Cc1cccc(COc2ccc(-c3ccccc3)cc2)c1. The normalized spacial score (nSPS) is 18.0. The Morgan fingerprint density at radius 2 is 1.61 bits per heavy atom. The molecule has 0 aromatic heterocycles. The van der Waals surface area contributed by atoms with Gasteiger partial charge in [0, 0.05) is 6.54 Å². The van der Waals surface area contributed by atoms with E-state index in [1.54, 1.807) is 6.07 Å². The maximum atomic E-state index is 12.2. The van der Waals surface area contributed by atoms with E-state index < -0.39 is 22.0 Å². The molecule has 3 aromatic rings. The van der Waals surface area contributed by atoms with Crippen molar-refractivity contribution in [3.63, 3.8) is 0 Å². The minimum atomic E-state index is -3.55. The van der Waals surface area contributed by atoms with Gasteiger partial charge in [-0.3, -0.25) is 4.79 Å². The topological polar surface area (TPSA) is 83.9 Å². The van der Waals surface area contributed by atoms with Gasteiger partial charge in [-0.2, -0.15) is 4.31 Å². The number of benzene rings is 3. The number of carboxylic acid groups (broad SMARTS) is 1. The van der Waals surface area contributed by atoms with Crippen molar-refractivity contribution >= 4 is 16.0 Å². The summed E-state index contributed by atoms with van der Waals surface area (Å²) in [5.74, 6) is -0.510. The molecule has 0 saturated carbocycles. The molecular weight excluding hydrogens is 414 g/mol. The van der Waals surface area contributed by atoms with Crippen LogP contribution in [0.5, 0.6) is 5.75 Å². The van der Waals surface area contributed by atoms with Crippen molar-refractivity contribution in [2.75, 3.05) is 5.75 Å². The lowest BCUT2D eigenvalue weighted by Gasteiger charge is -2.20. The quantitative estimate of drug-likeness (QED) is 0.606. The fourth-order valence-electron chi connectivity index (χ4n) is 3.71. The summed E-state index contributed by atoms with van der Waals surface area (Å²) in [4.78, 5) is 11.4. The van der Waals surface area contributed by atoms with E-state index in [4.69, 9.17) is 4.74 Å². The molecule has 160 valence electrons. The first-order valence-electron chi connectivity index (χ1n) is 10.0. The highest BCUT2D eigenvalue weighted by atomic mass is 32.2. The molecule has 1 N–H and O–H groups in total. The maximum Gasteiger partial charge on any atom is 0.322 e. The predicted molar refractivity (Wildman–Crippen MR) is 118 cm³/mol. The van der Waals surface area contributed by atoms with Crippen LogP contribution in [-0.4, -0.2) is 35.6 Å². The molecule has 1 aliphatic heterocycles. The maximum absolute atomic E-state index is 12.2. The molecule has 1 heterocycles. The van der Waals surface area contributed by atoms with Crippen LogP contribution < -0.4 is 4.74 Å². The van der Waals surface area contributed by atoms with Crippen molar-refractivity contribution in [2.45, 2.75) is 25.6 Å². The van der Waals surface area contributed by atoms with Crippen LogP contribution >= 0.6 is 0 Å². The molecule has 3 aromatic carbocycles. The van der Waals surface area contributed by atoms with Gasteiger partial charge in [-0.25, -0.2) is 8.42 Å². The van der Waals surface area contributed by atoms with Gasteiger partial charge in [0.15, 0.2) is 0 Å². The summed E-state index contributed by atoms with van der Waals surface area (Å²) in [6.07, 6.45) is 0.111. The fourth-order valence-corrected chi connectivity index (χ4v) is 5.39. The van der Waals surface area contributed by atoms with Crippen LogP contribution in [0.4, 0.5) is 0 Å². The van der Waals surface area contributed by atoms with Gasteiger partial charge in [0.25, 0.3) is 0 Å². The number of rotatable bonds is 7. The van der Waals surface area contributed by atoms with Gasteiger partial charge in [-0.15, -0.1) is 0 Å². The lowest BCUT2D eigenvalue weighted by Crippen LogP contribution is -2.37. The highest BCUT2D eigenvalue weighted by Crippen LogP contribution is 2.25. The summed E-state index contributed by atoms with van der Waals surface area (Å²) >= 11 is 0. The van der Waals surface area contributed by atoms with E-state index in [9.17, 15) is 18.3 Å². The summed E-state index contributed by atoms with van der Waals surface area (Å²) in [7, 11) is -3.55. The first-order valence-corrected chi connectivity index (χ1v) is 11.6. The van der Waals surface area contributed by atoms with Crippen molar-refractivity contribution in [1.82, 2.24) is 4.31 Å². The van der Waals surface area contributed by atoms with Crippen LogP contribution in [0.1, 0.15) is 17.5 Å². The lowest BCUT2D eigenvalue weighted by molar-refractivity contribution is -0.141. The molecule has 0 bridgehead atoms. The van der Waals surface area contributed by atoms with E-state index in [-0.39, 0.29) is 18.7 Å². The lowest BCUT2D eigenvalue weighted by atomic mass is 10.1. The van der Waals surface area contributed by atoms with Gasteiger partial charge in [-0.1, -0.05) is 66.7 Å². The fraction of sp³-hybridized carbons (Fsp3) is 0.208. The highest BCUT2D eigenvalue weighted by Gasteiger charge is 2.41. The van der Waals surface area contributed by atoms with Crippen molar-refractivity contribution in [1.29, 1.82) is 0 Å². The summed E-state index contributed by atoms with van der Waals surface area (Å²) < 4.78 is 31.5. The standard InChI is InChI=1S/C24H23NO5S/c26-24(27)23-13-14-31(28,29)25(23)16-18-5-4-6-19(15-18)17-30-22-11-9-21(10-12-22)20-7-2-1-3-8-20/h1-12,15,23H,13-14,16-17H2,(H,26,27)/t23-/m1/s1. The van der Waals surface area contributed by atoms with Gasteiger partial charge >= 0.3 is 5.97 Å². The first kappa shape index (κ1) is 21.1. The Morgan fingerprint density at radius 3 is 2.32 bits per heavy atom. The van der Waals surface area contributed by atoms with Crippen LogP contribution in [-0.2, 0) is 28.0 Å². The average molecular weight is 438 g/mol. The number of nitrogens with zero attached hydrogens (tertiary/aromatic N) is 1. The summed E-state index contributed by atoms with van der Waals surface area (Å²) in [5, 5.41) is 9.32. The Labute approximate surface area is 181 Å². The summed E-state index contributed by atoms with van der Waals surface area (Å²) in [6.45, 7) is 0.368. The molecule has 0 radical (unpaired) electrons. The number of hydrogen-bond donors (Lipinski definition) is 1. The van der Waals surface area contributed by atoms with E-state index in [1.165, 1.54) is 0 Å². The third-order valence-electron chi connectivity index (χ3n) is 5.34. The molecule has 0 spiro atoms. The third-order valence-corrected chi connectivity index (χ3v) is 7.19. The van der Waals surface area contributed by atoms with Gasteiger partial charge in [-0.05, 0) is 40.8 Å². The summed E-state index contributed by atoms with van der Waals surface area (Å²) in [6, 6.07) is 24.3. The Balaban J connectivity index is 1.41. The van der Waals surface area contributed by atoms with Crippen LogP contribution in [0.25, 0.3) is 11.1 Å². The molecular formula is C24H23NO5S. The van der Waals surface area contributed by atoms with E-state index in [0.717, 1.165) is 32.3 Å². The predicted octanol–water partition coefficient (Wildman–Crippen LogP) is 3.92. The number of carboxylic acids is 1. The first-order chi connectivity index (χ1) is 14.9. The number of carbonyl (C=O) groups is 1. The molecule has 6 nitrogen and oxygen atoms in total. The molecule has 0 aliphatic carbocycles. The second-order valence-electron chi connectivity index (χ2n) is 7.50. The zero-order valence-electron chi connectivity index (χ0n) is 16.8. The number of sulfonamides is 1. The van der Waals surface area contributed by atoms with Crippen LogP contribution in [0, 0.1) is 0 Å². The largest absolute Gasteiger partial charge is 0.489 e. The third kappa shape index (κ3) is 4.95. The van der Waals surface area contributed by atoms with Crippen molar-refractivity contribution < 1.29 is 23.1 Å². The monoisotopic (exact) mass is 437 g/mol. The second kappa shape index (κ2) is 8.91. The minimum absolute atomic E-state index is 0.0406. The van der Waals surface area contributed by atoms with E-state index in [0.29, 0.717) is 6.61 Å². The van der Waals surface area contributed by atoms with Crippen molar-refractivity contribution in [2.24, 2.45) is 0 Å². The Morgan fingerprint density at radius 1 is 0.935 bits per heavy atom. The smallest absolute Gasteiger partial charge is 0.322 e. The number of ether oxygens (including phenoxy) is 1. The molecule has 0 amide bonds. The van der Waals surface area contributed by atoms with Gasteiger partial charge in [0.05, 0.1) is 5.75 Å². The Kier molecular flexibility index (Phi) is 6.06. The molecule has 0 unspecified atom stereocenters. The minimum Gasteiger partial charge on any atom is -0.489 e. The average Bonchev–Trinajstić information content (AvgIpc) is 3.08. The van der Waals surface area contributed by atoms with Crippen LogP contribution in [0.3, 0.4) is 0 Å². The van der Waals surface area contributed by atoms with Crippen molar-refractivity contribution in [3.8, 4) is 16.9 Å². The molecule has 1 saturated heterocycles. The zero-order chi connectivity index (χ0) is 21.8. The van der Waals surface area contributed by atoms with E-state index >= 15 is 0 Å². The van der Waals surface area contributed by atoms with E-state index in [2.05, 4.69) is 12.1 Å². The van der Waals surface area contributed by atoms with E-state index in [1.807, 2.05) is 60.7 Å². The van der Waals surface area contributed by atoms with Gasteiger partial charge < -0.3 is 9.84 Å². The molecule has 1 fully saturated rings. The van der Waals surface area contributed by atoms with Crippen molar-refractivity contribution in [3.05, 3.63) is 90.0 Å². The molecule has 7 heteroatoms. The number of hydrogen-bond acceptors (Lipinski definition) is 4.